The first-order chi connectivity index (χ1) is 8.06. The largest absolute Gasteiger partial charge is 0.435 e. The molecule has 2 rings (SSSR count). The van der Waals surface area contributed by atoms with Gasteiger partial charge in [-0.05, 0) is 34.1 Å². The highest BCUT2D eigenvalue weighted by Crippen LogP contribution is 2.32. The maximum Gasteiger partial charge on any atom is 0.256 e. The summed E-state index contributed by atoms with van der Waals surface area (Å²) in [6.07, 6.45) is 1.31. The van der Waals surface area contributed by atoms with E-state index in [1.807, 2.05) is 0 Å². The number of hydrogen-bond donors (Lipinski definition) is 1. The van der Waals surface area contributed by atoms with E-state index in [1.165, 1.54) is 6.20 Å². The van der Waals surface area contributed by atoms with Gasteiger partial charge in [-0.1, -0.05) is 11.6 Å². The van der Waals surface area contributed by atoms with Crippen LogP contribution in [-0.4, -0.2) is 4.98 Å². The zero-order valence-electron chi connectivity index (χ0n) is 8.45. The van der Waals surface area contributed by atoms with Gasteiger partial charge in [0.15, 0.2) is 5.82 Å². The van der Waals surface area contributed by atoms with Gasteiger partial charge in [0.1, 0.15) is 5.75 Å². The van der Waals surface area contributed by atoms with Crippen molar-refractivity contribution in [3.63, 3.8) is 0 Å². The number of anilines is 1. The van der Waals surface area contributed by atoms with Crippen molar-refractivity contribution in [2.45, 2.75) is 0 Å². The van der Waals surface area contributed by atoms with E-state index >= 15 is 0 Å². The first kappa shape index (κ1) is 12.1. The minimum Gasteiger partial charge on any atom is -0.435 e. The predicted molar refractivity (Wildman–Crippen MR) is 67.8 cm³/mol. The molecule has 1 aromatic carbocycles. The van der Waals surface area contributed by atoms with Crippen LogP contribution in [0.25, 0.3) is 0 Å². The number of ether oxygens (including phenoxy) is 1. The van der Waals surface area contributed by atoms with Gasteiger partial charge >= 0.3 is 0 Å². The van der Waals surface area contributed by atoms with Crippen LogP contribution in [0.2, 0.25) is 5.02 Å². The number of halogens is 3. The Morgan fingerprint density at radius 3 is 2.82 bits per heavy atom. The molecule has 1 heterocycles. The first-order valence-electron chi connectivity index (χ1n) is 4.60. The minimum absolute atomic E-state index is 0.152. The summed E-state index contributed by atoms with van der Waals surface area (Å²) >= 11 is 8.86. The fourth-order valence-corrected chi connectivity index (χ4v) is 1.65. The van der Waals surface area contributed by atoms with E-state index in [0.717, 1.165) is 6.07 Å². The van der Waals surface area contributed by atoms with E-state index < -0.39 is 5.82 Å². The molecular formula is C11H7BrClFN2O. The Morgan fingerprint density at radius 1 is 1.35 bits per heavy atom. The van der Waals surface area contributed by atoms with Crippen LogP contribution in [0.15, 0.2) is 34.9 Å². The number of nitrogens with two attached hydrogens (primary N) is 1. The average molecular weight is 318 g/mol. The molecule has 1 aromatic heterocycles. The van der Waals surface area contributed by atoms with Crippen LogP contribution in [-0.2, 0) is 0 Å². The quantitative estimate of drug-likeness (QED) is 0.851. The lowest BCUT2D eigenvalue weighted by atomic mass is 10.3. The molecule has 0 bridgehead atoms. The zero-order chi connectivity index (χ0) is 12.4. The molecule has 0 aliphatic carbocycles. The van der Waals surface area contributed by atoms with Gasteiger partial charge in [-0.3, -0.25) is 0 Å². The van der Waals surface area contributed by atoms with Crippen molar-refractivity contribution in [2.75, 3.05) is 5.73 Å². The summed E-state index contributed by atoms with van der Waals surface area (Å²) in [6.45, 7) is 0. The number of nitrogens with zero attached hydrogens (tertiary/aromatic N) is 1. The predicted octanol–water partition coefficient (Wildman–Crippen LogP) is 4.01. The molecule has 3 nitrogen and oxygen atoms in total. The molecule has 0 unspecified atom stereocenters. The van der Waals surface area contributed by atoms with Crippen molar-refractivity contribution in [2.24, 2.45) is 0 Å². The summed E-state index contributed by atoms with van der Waals surface area (Å²) in [5.74, 6) is -0.397. The van der Waals surface area contributed by atoms with Crippen LogP contribution in [0.5, 0.6) is 11.6 Å². The van der Waals surface area contributed by atoms with Gasteiger partial charge < -0.3 is 10.5 Å². The molecule has 6 heteroatoms. The standard InChI is InChI=1S/C11H7BrClFN2O/c12-8-2-1-7(15)4-10(8)17-11-9(14)3-6(13)5-16-11/h1-5H,15H2. The number of aromatic nitrogens is 1. The molecule has 0 radical (unpaired) electrons. The van der Waals surface area contributed by atoms with Gasteiger partial charge in [-0.15, -0.1) is 0 Å². The maximum atomic E-state index is 13.4. The third kappa shape index (κ3) is 2.87. The molecule has 0 fully saturated rings. The monoisotopic (exact) mass is 316 g/mol. The van der Waals surface area contributed by atoms with Crippen molar-refractivity contribution >= 4 is 33.2 Å². The molecule has 0 saturated carbocycles. The summed E-state index contributed by atoms with van der Waals surface area (Å²) < 4.78 is 19.4. The SMILES string of the molecule is Nc1ccc(Br)c(Oc2ncc(Cl)cc2F)c1. The van der Waals surface area contributed by atoms with Gasteiger partial charge in [0, 0.05) is 18.0 Å². The lowest BCUT2D eigenvalue weighted by Gasteiger charge is -2.08. The summed E-state index contributed by atoms with van der Waals surface area (Å²) in [5.41, 5.74) is 6.12. The second kappa shape index (κ2) is 4.89. The smallest absolute Gasteiger partial charge is 0.256 e. The number of nitrogen functional groups attached to an aromatic ring is 1. The van der Waals surface area contributed by atoms with Gasteiger partial charge in [-0.2, -0.15) is 0 Å². The van der Waals surface area contributed by atoms with Crippen molar-refractivity contribution in [1.29, 1.82) is 0 Å². The van der Waals surface area contributed by atoms with Crippen LogP contribution in [0, 0.1) is 5.82 Å². The molecule has 0 atom stereocenters. The van der Waals surface area contributed by atoms with E-state index in [9.17, 15) is 4.39 Å². The van der Waals surface area contributed by atoms with Crippen molar-refractivity contribution < 1.29 is 9.13 Å². The Balaban J connectivity index is 2.34. The Hall–Kier alpha value is -1.33. The van der Waals surface area contributed by atoms with Gasteiger partial charge in [0.05, 0.1) is 9.50 Å². The molecule has 0 spiro atoms. The lowest BCUT2D eigenvalue weighted by molar-refractivity contribution is 0.421. The third-order valence-corrected chi connectivity index (χ3v) is 2.80. The molecule has 0 aliphatic heterocycles. The molecule has 0 saturated heterocycles. The highest BCUT2D eigenvalue weighted by molar-refractivity contribution is 9.10. The lowest BCUT2D eigenvalue weighted by Crippen LogP contribution is -1.94. The van der Waals surface area contributed by atoms with E-state index in [4.69, 9.17) is 22.1 Å². The van der Waals surface area contributed by atoms with E-state index in [-0.39, 0.29) is 10.9 Å². The molecule has 2 N–H and O–H groups in total. The van der Waals surface area contributed by atoms with Gasteiger partial charge in [0.25, 0.3) is 5.88 Å². The van der Waals surface area contributed by atoms with Crippen LogP contribution in [0.4, 0.5) is 10.1 Å². The average Bonchev–Trinajstić information content (AvgIpc) is 2.27. The number of pyridine rings is 1. The topological polar surface area (TPSA) is 48.1 Å². The molecule has 17 heavy (non-hydrogen) atoms. The van der Waals surface area contributed by atoms with Crippen molar-refractivity contribution in [3.8, 4) is 11.6 Å². The van der Waals surface area contributed by atoms with Gasteiger partial charge in [0.2, 0.25) is 0 Å². The first-order valence-corrected chi connectivity index (χ1v) is 5.77. The highest BCUT2D eigenvalue weighted by Gasteiger charge is 2.09. The number of rotatable bonds is 2. The Morgan fingerprint density at radius 2 is 2.12 bits per heavy atom. The highest BCUT2D eigenvalue weighted by atomic mass is 79.9. The van der Waals surface area contributed by atoms with Crippen molar-refractivity contribution in [3.05, 3.63) is 45.8 Å². The second-order valence-corrected chi connectivity index (χ2v) is 4.52. The van der Waals surface area contributed by atoms with Crippen LogP contribution < -0.4 is 10.5 Å². The van der Waals surface area contributed by atoms with Crippen molar-refractivity contribution in [1.82, 2.24) is 4.98 Å². The van der Waals surface area contributed by atoms with Crippen LogP contribution in [0.1, 0.15) is 0 Å². The maximum absolute atomic E-state index is 13.4. The normalized spacial score (nSPS) is 10.3. The van der Waals surface area contributed by atoms with Crippen LogP contribution >= 0.6 is 27.5 Å². The second-order valence-electron chi connectivity index (χ2n) is 3.23. The van der Waals surface area contributed by atoms with E-state index in [0.29, 0.717) is 15.9 Å². The Bertz CT molecular complexity index is 565. The molecule has 0 amide bonds. The summed E-state index contributed by atoms with van der Waals surface area (Å²) in [6, 6.07) is 6.10. The summed E-state index contributed by atoms with van der Waals surface area (Å²) in [7, 11) is 0. The van der Waals surface area contributed by atoms with E-state index in [2.05, 4.69) is 20.9 Å². The molecule has 88 valence electrons. The van der Waals surface area contributed by atoms with Gasteiger partial charge in [-0.25, -0.2) is 9.37 Å². The summed E-state index contributed by atoms with van der Waals surface area (Å²) in [5, 5.41) is 0.210. The summed E-state index contributed by atoms with van der Waals surface area (Å²) in [4.78, 5) is 3.75. The number of benzene rings is 1. The third-order valence-electron chi connectivity index (χ3n) is 1.94. The number of hydrogen-bond acceptors (Lipinski definition) is 3. The minimum atomic E-state index is -0.633. The Kier molecular flexibility index (Phi) is 3.49. The van der Waals surface area contributed by atoms with Crippen LogP contribution in [0.3, 0.4) is 0 Å². The fraction of sp³-hybridized carbons (Fsp3) is 0. The Labute approximate surface area is 110 Å². The fourth-order valence-electron chi connectivity index (χ4n) is 1.18. The molecule has 0 aliphatic rings. The zero-order valence-corrected chi connectivity index (χ0v) is 10.8. The molecular weight excluding hydrogens is 310 g/mol. The molecule has 2 aromatic rings. The van der Waals surface area contributed by atoms with E-state index in [1.54, 1.807) is 18.2 Å².